The van der Waals surface area contributed by atoms with Crippen molar-refractivity contribution < 1.29 is 9.47 Å². The Labute approximate surface area is 132 Å². The van der Waals surface area contributed by atoms with Crippen molar-refractivity contribution in [3.63, 3.8) is 0 Å². The SMILES string of the molecule is COCc1cc(N2CCCO[C@@H](CN3CCCC3)C2)ncn1. The summed E-state index contributed by atoms with van der Waals surface area (Å²) in [6.07, 6.45) is 5.58. The van der Waals surface area contributed by atoms with Crippen molar-refractivity contribution in [3.8, 4) is 0 Å². The van der Waals surface area contributed by atoms with E-state index in [-0.39, 0.29) is 6.10 Å². The van der Waals surface area contributed by atoms with Crippen molar-refractivity contribution in [3.05, 3.63) is 18.1 Å². The maximum absolute atomic E-state index is 6.04. The summed E-state index contributed by atoms with van der Waals surface area (Å²) < 4.78 is 11.2. The molecule has 2 aliphatic rings. The van der Waals surface area contributed by atoms with E-state index in [1.807, 2.05) is 6.07 Å². The molecule has 0 N–H and O–H groups in total. The van der Waals surface area contributed by atoms with Crippen molar-refractivity contribution in [2.45, 2.75) is 32.0 Å². The van der Waals surface area contributed by atoms with Crippen molar-refractivity contribution in [2.24, 2.45) is 0 Å². The second-order valence-corrected chi connectivity index (χ2v) is 6.10. The molecule has 0 unspecified atom stereocenters. The van der Waals surface area contributed by atoms with Crippen molar-refractivity contribution in [1.29, 1.82) is 0 Å². The maximum atomic E-state index is 6.04. The number of aromatic nitrogens is 2. The Morgan fingerprint density at radius 2 is 2.09 bits per heavy atom. The zero-order valence-corrected chi connectivity index (χ0v) is 13.4. The minimum absolute atomic E-state index is 0.265. The molecule has 2 saturated heterocycles. The van der Waals surface area contributed by atoms with Gasteiger partial charge < -0.3 is 19.3 Å². The highest BCUT2D eigenvalue weighted by molar-refractivity contribution is 5.39. The lowest BCUT2D eigenvalue weighted by molar-refractivity contribution is 0.0450. The molecule has 1 aromatic rings. The maximum Gasteiger partial charge on any atom is 0.132 e. The molecule has 2 aliphatic heterocycles. The van der Waals surface area contributed by atoms with Gasteiger partial charge in [0.15, 0.2) is 0 Å². The molecule has 22 heavy (non-hydrogen) atoms. The molecule has 0 radical (unpaired) electrons. The number of hydrogen-bond acceptors (Lipinski definition) is 6. The Morgan fingerprint density at radius 1 is 1.23 bits per heavy atom. The minimum atomic E-state index is 0.265. The van der Waals surface area contributed by atoms with Gasteiger partial charge in [-0.05, 0) is 32.4 Å². The van der Waals surface area contributed by atoms with Crippen LogP contribution < -0.4 is 4.90 Å². The van der Waals surface area contributed by atoms with Crippen molar-refractivity contribution in [1.82, 2.24) is 14.9 Å². The molecule has 0 aliphatic carbocycles. The van der Waals surface area contributed by atoms with E-state index in [1.165, 1.54) is 25.9 Å². The number of ether oxygens (including phenoxy) is 2. The Bertz CT molecular complexity index is 465. The average Bonchev–Trinajstić information content (AvgIpc) is 2.92. The first-order valence-electron chi connectivity index (χ1n) is 8.24. The van der Waals surface area contributed by atoms with Gasteiger partial charge in [0.1, 0.15) is 12.1 Å². The van der Waals surface area contributed by atoms with Crippen molar-refractivity contribution >= 4 is 5.82 Å². The minimum Gasteiger partial charge on any atom is -0.378 e. The lowest BCUT2D eigenvalue weighted by Crippen LogP contribution is -2.39. The first-order valence-corrected chi connectivity index (χ1v) is 8.24. The van der Waals surface area contributed by atoms with Gasteiger partial charge in [0.05, 0.1) is 18.4 Å². The van der Waals surface area contributed by atoms with Gasteiger partial charge in [-0.15, -0.1) is 0 Å². The molecule has 2 fully saturated rings. The molecule has 0 bridgehead atoms. The standard InChI is InChI=1S/C16H26N4O2/c1-21-12-14-9-16(18-13-17-14)20-7-4-8-22-15(11-20)10-19-5-2-3-6-19/h9,13,15H,2-8,10-12H2,1H3/t15-/m0/s1. The molecule has 0 amide bonds. The van der Waals surface area contributed by atoms with Crippen LogP contribution in [0.5, 0.6) is 0 Å². The van der Waals surface area contributed by atoms with Gasteiger partial charge in [-0.3, -0.25) is 0 Å². The first kappa shape index (κ1) is 15.6. The highest BCUT2D eigenvalue weighted by Crippen LogP contribution is 2.18. The number of nitrogens with zero attached hydrogens (tertiary/aromatic N) is 4. The van der Waals surface area contributed by atoms with Crippen LogP contribution in [0.2, 0.25) is 0 Å². The van der Waals surface area contributed by atoms with Crippen LogP contribution in [0.25, 0.3) is 0 Å². The van der Waals surface area contributed by atoms with Gasteiger partial charge in [0.2, 0.25) is 0 Å². The molecule has 0 saturated carbocycles. The van der Waals surface area contributed by atoms with E-state index in [0.717, 1.165) is 44.2 Å². The Hall–Kier alpha value is -1.24. The zero-order chi connectivity index (χ0) is 15.2. The summed E-state index contributed by atoms with van der Waals surface area (Å²) in [6, 6.07) is 2.03. The van der Waals surface area contributed by atoms with Crippen LogP contribution in [0, 0.1) is 0 Å². The summed E-state index contributed by atoms with van der Waals surface area (Å²) in [7, 11) is 1.69. The van der Waals surface area contributed by atoms with Crippen LogP contribution >= 0.6 is 0 Å². The second-order valence-electron chi connectivity index (χ2n) is 6.10. The molecule has 0 spiro atoms. The van der Waals surface area contributed by atoms with Gasteiger partial charge >= 0.3 is 0 Å². The van der Waals surface area contributed by atoms with E-state index in [2.05, 4.69) is 19.8 Å². The van der Waals surface area contributed by atoms with Gasteiger partial charge in [0.25, 0.3) is 0 Å². The Kier molecular flexibility index (Phi) is 5.58. The molecule has 3 rings (SSSR count). The molecule has 122 valence electrons. The van der Waals surface area contributed by atoms with Gasteiger partial charge in [-0.2, -0.15) is 0 Å². The van der Waals surface area contributed by atoms with E-state index in [1.54, 1.807) is 13.4 Å². The summed E-state index contributed by atoms with van der Waals surface area (Å²) in [4.78, 5) is 13.5. The molecule has 3 heterocycles. The summed E-state index contributed by atoms with van der Waals surface area (Å²) >= 11 is 0. The predicted molar refractivity (Wildman–Crippen MR) is 85.0 cm³/mol. The Morgan fingerprint density at radius 3 is 2.91 bits per heavy atom. The largest absolute Gasteiger partial charge is 0.378 e. The molecule has 6 nitrogen and oxygen atoms in total. The topological polar surface area (TPSA) is 50.7 Å². The molecule has 1 atom stereocenters. The smallest absolute Gasteiger partial charge is 0.132 e. The number of methoxy groups -OCH3 is 1. The number of hydrogen-bond donors (Lipinski definition) is 0. The number of rotatable bonds is 5. The highest BCUT2D eigenvalue weighted by Gasteiger charge is 2.23. The average molecular weight is 306 g/mol. The lowest BCUT2D eigenvalue weighted by Gasteiger charge is -2.27. The fraction of sp³-hybridized carbons (Fsp3) is 0.750. The van der Waals surface area contributed by atoms with Crippen LogP contribution in [0.1, 0.15) is 25.0 Å². The van der Waals surface area contributed by atoms with Crippen molar-refractivity contribution in [2.75, 3.05) is 51.3 Å². The zero-order valence-electron chi connectivity index (χ0n) is 13.4. The van der Waals surface area contributed by atoms with Crippen LogP contribution in [0.3, 0.4) is 0 Å². The van der Waals surface area contributed by atoms with Crippen LogP contribution in [0.4, 0.5) is 5.82 Å². The fourth-order valence-corrected chi connectivity index (χ4v) is 3.25. The normalized spacial score (nSPS) is 23.7. The van der Waals surface area contributed by atoms with E-state index in [0.29, 0.717) is 6.61 Å². The van der Waals surface area contributed by atoms with Gasteiger partial charge in [-0.1, -0.05) is 0 Å². The summed E-state index contributed by atoms with van der Waals surface area (Å²) in [5.41, 5.74) is 0.925. The molecule has 1 aromatic heterocycles. The molecule has 0 aromatic carbocycles. The van der Waals surface area contributed by atoms with E-state index < -0.39 is 0 Å². The fourth-order valence-electron chi connectivity index (χ4n) is 3.25. The van der Waals surface area contributed by atoms with E-state index in [4.69, 9.17) is 9.47 Å². The van der Waals surface area contributed by atoms with E-state index >= 15 is 0 Å². The van der Waals surface area contributed by atoms with Crippen LogP contribution in [0.15, 0.2) is 12.4 Å². The molecular formula is C16H26N4O2. The quantitative estimate of drug-likeness (QED) is 0.818. The van der Waals surface area contributed by atoms with Crippen LogP contribution in [-0.4, -0.2) is 67.4 Å². The van der Waals surface area contributed by atoms with E-state index in [9.17, 15) is 0 Å². The lowest BCUT2D eigenvalue weighted by atomic mass is 10.3. The predicted octanol–water partition coefficient (Wildman–Crippen LogP) is 1.31. The third kappa shape index (κ3) is 4.15. The van der Waals surface area contributed by atoms with Crippen LogP contribution in [-0.2, 0) is 16.1 Å². The van der Waals surface area contributed by atoms with Gasteiger partial charge in [-0.25, -0.2) is 9.97 Å². The second kappa shape index (κ2) is 7.85. The number of likely N-dealkylation sites (tertiary alicyclic amines) is 1. The van der Waals surface area contributed by atoms with Gasteiger partial charge in [0, 0.05) is 39.4 Å². The monoisotopic (exact) mass is 306 g/mol. The molecule has 6 heteroatoms. The number of anilines is 1. The third-order valence-electron chi connectivity index (χ3n) is 4.34. The highest BCUT2D eigenvalue weighted by atomic mass is 16.5. The third-order valence-corrected chi connectivity index (χ3v) is 4.34. The summed E-state index contributed by atoms with van der Waals surface area (Å²) in [6.45, 7) is 6.71. The Balaban J connectivity index is 1.65. The first-order chi connectivity index (χ1) is 10.8. The summed E-state index contributed by atoms with van der Waals surface area (Å²) in [5.74, 6) is 0.985. The summed E-state index contributed by atoms with van der Waals surface area (Å²) in [5, 5.41) is 0. The molecular weight excluding hydrogens is 280 g/mol.